The molecule has 0 spiro atoms. The zero-order chi connectivity index (χ0) is 12.7. The molecule has 0 atom stereocenters. The zero-order valence-corrected chi connectivity index (χ0v) is 9.94. The van der Waals surface area contributed by atoms with Gasteiger partial charge in [0.15, 0.2) is 5.78 Å². The highest BCUT2D eigenvalue weighted by atomic mass is 16.1. The lowest BCUT2D eigenvalue weighted by Gasteiger charge is -2.06. The highest BCUT2D eigenvalue weighted by Gasteiger charge is 2.07. The van der Waals surface area contributed by atoms with Crippen LogP contribution in [0.5, 0.6) is 0 Å². The first-order chi connectivity index (χ1) is 8.15. The Morgan fingerprint density at radius 1 is 1.18 bits per heavy atom. The van der Waals surface area contributed by atoms with Crippen molar-refractivity contribution in [1.82, 2.24) is 0 Å². The Hall–Kier alpha value is -2.16. The summed E-state index contributed by atoms with van der Waals surface area (Å²) in [7, 11) is 0. The molecule has 88 valence electrons. The number of para-hydroxylation sites is 1. The normalized spacial score (nSPS) is 10.9. The number of nitrogens with one attached hydrogen (secondary N) is 1. The number of carbonyl (C=O) groups excluding carboxylic acids is 2. The van der Waals surface area contributed by atoms with E-state index in [-0.39, 0.29) is 11.7 Å². The second-order valence-electron chi connectivity index (χ2n) is 3.48. The van der Waals surface area contributed by atoms with Crippen LogP contribution in [-0.2, 0) is 4.79 Å². The van der Waals surface area contributed by atoms with Gasteiger partial charge in [-0.3, -0.25) is 9.59 Å². The number of allylic oxidation sites excluding steroid dienone is 3. The molecular weight excluding hydrogens is 214 g/mol. The molecule has 1 aromatic rings. The van der Waals surface area contributed by atoms with Crippen LogP contribution in [0.15, 0.2) is 48.6 Å². The molecule has 3 nitrogen and oxygen atoms in total. The molecule has 0 aliphatic heterocycles. The summed E-state index contributed by atoms with van der Waals surface area (Å²) in [5, 5.41) is 2.67. The summed E-state index contributed by atoms with van der Waals surface area (Å²) in [6.07, 6.45) is 6.65. The molecule has 0 aliphatic rings. The summed E-state index contributed by atoms with van der Waals surface area (Å²) < 4.78 is 0. The van der Waals surface area contributed by atoms with Crippen LogP contribution in [0, 0.1) is 0 Å². The lowest BCUT2D eigenvalue weighted by atomic mass is 10.1. The third kappa shape index (κ3) is 4.07. The quantitative estimate of drug-likeness (QED) is 0.490. The molecule has 1 rings (SSSR count). The minimum atomic E-state index is -0.253. The van der Waals surface area contributed by atoms with Crippen LogP contribution in [0.1, 0.15) is 24.2 Å². The van der Waals surface area contributed by atoms with Crippen molar-refractivity contribution in [2.45, 2.75) is 13.8 Å². The van der Waals surface area contributed by atoms with E-state index in [0.29, 0.717) is 11.3 Å². The van der Waals surface area contributed by atoms with Gasteiger partial charge in [-0.25, -0.2) is 0 Å². The molecule has 0 aliphatic carbocycles. The maximum atomic E-state index is 11.5. The molecule has 3 heteroatoms. The Morgan fingerprint density at radius 2 is 1.88 bits per heavy atom. The fourth-order valence-electron chi connectivity index (χ4n) is 1.33. The summed E-state index contributed by atoms with van der Waals surface area (Å²) in [5.41, 5.74) is 1.05. The standard InChI is InChI=1S/C14H15NO2/c1-3-4-5-10-14(17)15-13-9-7-6-8-12(13)11(2)16/h3-10H,1-2H3,(H,15,17). The Kier molecular flexibility index (Phi) is 4.88. The van der Waals surface area contributed by atoms with Gasteiger partial charge in [-0.15, -0.1) is 0 Å². The third-order valence-electron chi connectivity index (χ3n) is 2.12. The summed E-state index contributed by atoms with van der Waals surface area (Å²) >= 11 is 0. The average molecular weight is 229 g/mol. The first-order valence-electron chi connectivity index (χ1n) is 5.35. The Labute approximate surface area is 101 Å². The zero-order valence-electron chi connectivity index (χ0n) is 9.94. The van der Waals surface area contributed by atoms with Crippen LogP contribution in [0.2, 0.25) is 0 Å². The van der Waals surface area contributed by atoms with Crippen molar-refractivity contribution in [2.75, 3.05) is 5.32 Å². The number of Topliss-reactive ketones (excluding diaryl/α,β-unsaturated/α-hetero) is 1. The highest BCUT2D eigenvalue weighted by Crippen LogP contribution is 2.15. The van der Waals surface area contributed by atoms with E-state index in [4.69, 9.17) is 0 Å². The molecule has 0 saturated heterocycles. The second kappa shape index (κ2) is 6.43. The number of amides is 1. The minimum Gasteiger partial charge on any atom is -0.322 e. The van der Waals surface area contributed by atoms with Gasteiger partial charge >= 0.3 is 0 Å². The Morgan fingerprint density at radius 3 is 2.53 bits per heavy atom. The van der Waals surface area contributed by atoms with Gasteiger partial charge in [-0.2, -0.15) is 0 Å². The summed E-state index contributed by atoms with van der Waals surface area (Å²) in [4.78, 5) is 22.8. The van der Waals surface area contributed by atoms with Crippen molar-refractivity contribution in [2.24, 2.45) is 0 Å². The Bertz CT molecular complexity index is 473. The molecular formula is C14H15NO2. The lowest BCUT2D eigenvalue weighted by molar-refractivity contribution is -0.111. The Balaban J connectivity index is 2.81. The van der Waals surface area contributed by atoms with Gasteiger partial charge in [0.2, 0.25) is 5.91 Å². The van der Waals surface area contributed by atoms with Gasteiger partial charge < -0.3 is 5.32 Å². The first-order valence-corrected chi connectivity index (χ1v) is 5.35. The summed E-state index contributed by atoms with van der Waals surface area (Å²) in [5.74, 6) is -0.324. The van der Waals surface area contributed by atoms with Gasteiger partial charge in [0, 0.05) is 11.6 Å². The fraction of sp³-hybridized carbons (Fsp3) is 0.143. The number of benzene rings is 1. The number of anilines is 1. The van der Waals surface area contributed by atoms with Crippen LogP contribution in [0.4, 0.5) is 5.69 Å². The second-order valence-corrected chi connectivity index (χ2v) is 3.48. The van der Waals surface area contributed by atoms with Crippen LogP contribution >= 0.6 is 0 Å². The molecule has 0 fully saturated rings. The largest absolute Gasteiger partial charge is 0.322 e. The molecule has 17 heavy (non-hydrogen) atoms. The minimum absolute atomic E-state index is 0.0710. The van der Waals surface area contributed by atoms with Gasteiger partial charge in [0.1, 0.15) is 0 Å². The molecule has 0 aromatic heterocycles. The van der Waals surface area contributed by atoms with Crippen molar-refractivity contribution in [1.29, 1.82) is 0 Å². The van der Waals surface area contributed by atoms with E-state index in [1.807, 2.05) is 13.0 Å². The molecule has 0 radical (unpaired) electrons. The van der Waals surface area contributed by atoms with Crippen molar-refractivity contribution in [3.63, 3.8) is 0 Å². The van der Waals surface area contributed by atoms with Crippen molar-refractivity contribution < 1.29 is 9.59 Å². The van der Waals surface area contributed by atoms with Crippen LogP contribution in [-0.4, -0.2) is 11.7 Å². The molecule has 1 aromatic carbocycles. The van der Waals surface area contributed by atoms with Crippen molar-refractivity contribution in [3.8, 4) is 0 Å². The summed E-state index contributed by atoms with van der Waals surface area (Å²) in [6.45, 7) is 3.34. The topological polar surface area (TPSA) is 46.2 Å². The van der Waals surface area contributed by atoms with E-state index in [0.717, 1.165) is 0 Å². The van der Waals surface area contributed by atoms with E-state index < -0.39 is 0 Å². The van der Waals surface area contributed by atoms with E-state index in [9.17, 15) is 9.59 Å². The monoisotopic (exact) mass is 229 g/mol. The summed E-state index contributed by atoms with van der Waals surface area (Å²) in [6, 6.07) is 6.94. The molecule has 0 bridgehead atoms. The van der Waals surface area contributed by atoms with E-state index >= 15 is 0 Å². The van der Waals surface area contributed by atoms with Gasteiger partial charge in [-0.05, 0) is 26.0 Å². The fourth-order valence-corrected chi connectivity index (χ4v) is 1.33. The van der Waals surface area contributed by atoms with Crippen LogP contribution in [0.3, 0.4) is 0 Å². The number of carbonyl (C=O) groups is 2. The molecule has 0 unspecified atom stereocenters. The predicted octanol–water partition coefficient (Wildman–Crippen LogP) is 2.96. The number of ketones is 1. The van der Waals surface area contributed by atoms with Crippen LogP contribution in [0.25, 0.3) is 0 Å². The van der Waals surface area contributed by atoms with Crippen molar-refractivity contribution >= 4 is 17.4 Å². The van der Waals surface area contributed by atoms with E-state index in [2.05, 4.69) is 5.32 Å². The van der Waals surface area contributed by atoms with Crippen molar-refractivity contribution in [3.05, 3.63) is 54.1 Å². The molecule has 1 N–H and O–H groups in total. The number of rotatable bonds is 4. The maximum Gasteiger partial charge on any atom is 0.248 e. The first kappa shape index (κ1) is 12.9. The number of hydrogen-bond acceptors (Lipinski definition) is 2. The highest BCUT2D eigenvalue weighted by molar-refractivity contribution is 6.06. The van der Waals surface area contributed by atoms with Gasteiger partial charge in [-0.1, -0.05) is 30.4 Å². The molecule has 0 saturated carbocycles. The lowest BCUT2D eigenvalue weighted by Crippen LogP contribution is -2.11. The van der Waals surface area contributed by atoms with Crippen LogP contribution < -0.4 is 5.32 Å². The average Bonchev–Trinajstić information content (AvgIpc) is 2.29. The number of hydrogen-bond donors (Lipinski definition) is 1. The maximum absolute atomic E-state index is 11.5. The predicted molar refractivity (Wildman–Crippen MR) is 69.0 cm³/mol. The van der Waals surface area contributed by atoms with E-state index in [1.54, 1.807) is 36.4 Å². The third-order valence-corrected chi connectivity index (χ3v) is 2.12. The smallest absolute Gasteiger partial charge is 0.248 e. The SMILES string of the molecule is CC=CC=CC(=O)Nc1ccccc1C(C)=O. The molecule has 0 heterocycles. The molecule has 1 amide bonds. The van der Waals surface area contributed by atoms with Gasteiger partial charge in [0.25, 0.3) is 0 Å². The van der Waals surface area contributed by atoms with Gasteiger partial charge in [0.05, 0.1) is 5.69 Å². The van der Waals surface area contributed by atoms with E-state index in [1.165, 1.54) is 13.0 Å².